The number of anilines is 1. The Morgan fingerprint density at radius 2 is 1.59 bits per heavy atom. The number of nitrogens with one attached hydrogen (secondary N) is 1. The van der Waals surface area contributed by atoms with Crippen molar-refractivity contribution in [1.29, 1.82) is 0 Å². The Morgan fingerprint density at radius 3 is 2.25 bits per heavy atom. The summed E-state index contributed by atoms with van der Waals surface area (Å²) >= 11 is 5.81. The number of hydrogen-bond acceptors (Lipinski definition) is 3. The summed E-state index contributed by atoms with van der Waals surface area (Å²) in [6, 6.07) is 28.1. The molecule has 6 heteroatoms. The minimum atomic E-state index is -0.0584. The van der Waals surface area contributed by atoms with Crippen LogP contribution in [-0.2, 0) is 7.05 Å². The Bertz CT molecular complexity index is 1220. The summed E-state index contributed by atoms with van der Waals surface area (Å²) in [5, 5.41) is 4.19. The summed E-state index contributed by atoms with van der Waals surface area (Å²) < 4.78 is 8.18. The molecule has 1 N–H and O–H groups in total. The maximum absolute atomic E-state index is 5.97. The van der Waals surface area contributed by atoms with E-state index in [2.05, 4.69) is 58.0 Å². The quantitative estimate of drug-likeness (QED) is 0.403. The minimum Gasteiger partial charge on any atom is -0.457 e. The Labute approximate surface area is 193 Å². The highest BCUT2D eigenvalue weighted by atomic mass is 32.1. The molecule has 0 amide bonds. The Kier molecular flexibility index (Phi) is 5.37. The second-order valence-corrected chi connectivity index (χ2v) is 8.25. The number of aromatic nitrogens is 2. The highest BCUT2D eigenvalue weighted by molar-refractivity contribution is 7.80. The van der Waals surface area contributed by atoms with E-state index >= 15 is 0 Å². The first kappa shape index (κ1) is 20.3. The molecule has 2 unspecified atom stereocenters. The molecule has 1 aliphatic heterocycles. The Hall–Kier alpha value is -3.64. The van der Waals surface area contributed by atoms with Gasteiger partial charge in [0.15, 0.2) is 5.11 Å². The van der Waals surface area contributed by atoms with Gasteiger partial charge in [0.1, 0.15) is 17.5 Å². The van der Waals surface area contributed by atoms with Crippen LogP contribution in [0.1, 0.15) is 29.2 Å². The molecular weight excluding hydrogens is 416 g/mol. The molecule has 5 nitrogen and oxygen atoms in total. The molecule has 4 aromatic rings. The maximum Gasteiger partial charge on any atom is 0.174 e. The highest BCUT2D eigenvalue weighted by Gasteiger charge is 2.41. The topological polar surface area (TPSA) is 42.3 Å². The van der Waals surface area contributed by atoms with E-state index in [4.69, 9.17) is 17.0 Å². The van der Waals surface area contributed by atoms with Crippen LogP contribution in [0, 0.1) is 6.92 Å². The van der Waals surface area contributed by atoms with Crippen LogP contribution < -0.4 is 15.0 Å². The van der Waals surface area contributed by atoms with Gasteiger partial charge in [-0.15, -0.1) is 0 Å². The van der Waals surface area contributed by atoms with E-state index in [0.29, 0.717) is 5.11 Å². The van der Waals surface area contributed by atoms with Gasteiger partial charge < -0.3 is 19.5 Å². The smallest absolute Gasteiger partial charge is 0.174 e. The average Bonchev–Trinajstić information content (AvgIpc) is 3.34. The van der Waals surface area contributed by atoms with Gasteiger partial charge in [0.2, 0.25) is 0 Å². The molecule has 1 saturated heterocycles. The fourth-order valence-corrected chi connectivity index (χ4v) is 4.51. The molecular formula is C26H24N4OS. The Morgan fingerprint density at radius 1 is 0.875 bits per heavy atom. The number of ether oxygens (including phenoxy) is 1. The van der Waals surface area contributed by atoms with Crippen LogP contribution in [0.15, 0.2) is 91.1 Å². The van der Waals surface area contributed by atoms with Gasteiger partial charge in [-0.2, -0.15) is 0 Å². The van der Waals surface area contributed by atoms with Crippen molar-refractivity contribution >= 4 is 23.0 Å². The lowest BCUT2D eigenvalue weighted by Gasteiger charge is -2.28. The third-order valence-corrected chi connectivity index (χ3v) is 6.22. The molecule has 2 aromatic heterocycles. The van der Waals surface area contributed by atoms with E-state index in [9.17, 15) is 0 Å². The van der Waals surface area contributed by atoms with E-state index in [1.165, 1.54) is 11.4 Å². The molecule has 2 atom stereocenters. The zero-order chi connectivity index (χ0) is 22.1. The zero-order valence-corrected chi connectivity index (χ0v) is 18.8. The highest BCUT2D eigenvalue weighted by Crippen LogP contribution is 2.42. The van der Waals surface area contributed by atoms with Crippen molar-refractivity contribution in [3.05, 3.63) is 108 Å². The maximum atomic E-state index is 5.97. The van der Waals surface area contributed by atoms with Gasteiger partial charge in [0.25, 0.3) is 0 Å². The molecule has 1 fully saturated rings. The molecule has 32 heavy (non-hydrogen) atoms. The standard InChI is InChI=1S/C26H24N4OS/c1-18-11-16-23(29(18)2)25-24(22-10-6-7-17-27-22)28-26(32)30(25)19-12-14-21(15-13-19)31-20-8-4-3-5-9-20/h3-17,24-25H,1-2H3,(H,28,32). The number of nitrogens with zero attached hydrogens (tertiary/aromatic N) is 3. The van der Waals surface area contributed by atoms with Crippen molar-refractivity contribution in [2.24, 2.45) is 7.05 Å². The third kappa shape index (κ3) is 3.74. The first-order valence-corrected chi connectivity index (χ1v) is 11.0. The van der Waals surface area contributed by atoms with Crippen LogP contribution in [0.4, 0.5) is 5.69 Å². The van der Waals surface area contributed by atoms with Gasteiger partial charge in [0.05, 0.1) is 11.7 Å². The molecule has 0 radical (unpaired) electrons. The van der Waals surface area contributed by atoms with Crippen molar-refractivity contribution < 1.29 is 4.74 Å². The number of rotatable bonds is 5. The fraction of sp³-hybridized carbons (Fsp3) is 0.154. The second-order valence-electron chi connectivity index (χ2n) is 7.86. The number of thiocarbonyl (C=S) groups is 1. The molecule has 0 bridgehead atoms. The molecule has 1 aliphatic rings. The lowest BCUT2D eigenvalue weighted by molar-refractivity contribution is 0.482. The van der Waals surface area contributed by atoms with Gasteiger partial charge in [-0.25, -0.2) is 0 Å². The predicted molar refractivity (Wildman–Crippen MR) is 131 cm³/mol. The molecule has 3 heterocycles. The van der Waals surface area contributed by atoms with Crippen LogP contribution in [-0.4, -0.2) is 14.7 Å². The summed E-state index contributed by atoms with van der Waals surface area (Å²) in [4.78, 5) is 6.79. The number of para-hydroxylation sites is 1. The summed E-state index contributed by atoms with van der Waals surface area (Å²) in [7, 11) is 2.09. The van der Waals surface area contributed by atoms with Crippen molar-refractivity contribution in [2.75, 3.05) is 4.90 Å². The van der Waals surface area contributed by atoms with E-state index < -0.39 is 0 Å². The molecule has 0 aliphatic carbocycles. The number of pyridine rings is 1. The largest absolute Gasteiger partial charge is 0.457 e. The molecule has 2 aromatic carbocycles. The van der Waals surface area contributed by atoms with Gasteiger partial charge in [0, 0.05) is 30.3 Å². The van der Waals surface area contributed by atoms with Crippen LogP contribution in [0.5, 0.6) is 11.5 Å². The summed E-state index contributed by atoms with van der Waals surface area (Å²) in [5.41, 5.74) is 4.34. The van der Waals surface area contributed by atoms with Gasteiger partial charge in [-0.1, -0.05) is 24.3 Å². The number of benzene rings is 2. The van der Waals surface area contributed by atoms with Crippen molar-refractivity contribution in [3.63, 3.8) is 0 Å². The molecule has 5 rings (SSSR count). The first-order chi connectivity index (χ1) is 15.6. The van der Waals surface area contributed by atoms with Gasteiger partial charge in [-0.05, 0) is 79.8 Å². The van der Waals surface area contributed by atoms with Gasteiger partial charge >= 0.3 is 0 Å². The van der Waals surface area contributed by atoms with Crippen LogP contribution >= 0.6 is 12.2 Å². The first-order valence-electron chi connectivity index (χ1n) is 10.6. The van der Waals surface area contributed by atoms with E-state index in [1.54, 1.807) is 0 Å². The molecule has 0 saturated carbocycles. The monoisotopic (exact) mass is 440 g/mol. The zero-order valence-electron chi connectivity index (χ0n) is 18.0. The molecule has 160 valence electrons. The lowest BCUT2D eigenvalue weighted by Crippen LogP contribution is -2.30. The van der Waals surface area contributed by atoms with Crippen LogP contribution in [0.2, 0.25) is 0 Å². The summed E-state index contributed by atoms with van der Waals surface area (Å²) in [6.45, 7) is 2.11. The molecule has 0 spiro atoms. The fourth-order valence-electron chi connectivity index (χ4n) is 4.16. The normalized spacial score (nSPS) is 17.9. The average molecular weight is 441 g/mol. The minimum absolute atomic E-state index is 0.0306. The SMILES string of the molecule is Cc1ccc(C2C(c3ccccn3)NC(=S)N2c2ccc(Oc3ccccc3)cc2)n1C. The van der Waals surface area contributed by atoms with E-state index in [-0.39, 0.29) is 12.1 Å². The third-order valence-electron chi connectivity index (χ3n) is 5.91. The van der Waals surface area contributed by atoms with Crippen LogP contribution in [0.3, 0.4) is 0 Å². The van der Waals surface area contributed by atoms with Crippen molar-refractivity contribution in [2.45, 2.75) is 19.0 Å². The summed E-state index contributed by atoms with van der Waals surface area (Å²) in [6.07, 6.45) is 1.83. The van der Waals surface area contributed by atoms with Crippen LogP contribution in [0.25, 0.3) is 0 Å². The van der Waals surface area contributed by atoms with Gasteiger partial charge in [-0.3, -0.25) is 4.98 Å². The Balaban J connectivity index is 1.51. The number of hydrogen-bond donors (Lipinski definition) is 1. The summed E-state index contributed by atoms with van der Waals surface area (Å²) in [5.74, 6) is 1.59. The lowest BCUT2D eigenvalue weighted by atomic mass is 10.0. The number of aryl methyl sites for hydroxylation is 1. The van der Waals surface area contributed by atoms with E-state index in [0.717, 1.165) is 22.9 Å². The van der Waals surface area contributed by atoms with E-state index in [1.807, 2.05) is 66.9 Å². The van der Waals surface area contributed by atoms with Crippen molar-refractivity contribution in [3.8, 4) is 11.5 Å². The van der Waals surface area contributed by atoms with Crippen molar-refractivity contribution in [1.82, 2.24) is 14.9 Å². The predicted octanol–water partition coefficient (Wildman–Crippen LogP) is 5.70. The second kappa shape index (κ2) is 8.48.